The molecule has 2 aromatic rings. The summed E-state index contributed by atoms with van der Waals surface area (Å²) in [6, 6.07) is 8.11. The third-order valence-corrected chi connectivity index (χ3v) is 7.50. The van der Waals surface area contributed by atoms with E-state index in [-0.39, 0.29) is 23.8 Å². The van der Waals surface area contributed by atoms with Crippen molar-refractivity contribution in [1.82, 2.24) is 20.6 Å². The normalized spacial score (nSPS) is 18.8. The molecular formula is C29H43N5O4S. The predicted octanol–water partition coefficient (Wildman–Crippen LogP) is 4.70. The maximum atomic E-state index is 13.3. The number of aryl methyl sites for hydroxylation is 2. The Bertz CT molecular complexity index is 1240. The first kappa shape index (κ1) is 30.6. The molecule has 1 saturated heterocycles. The van der Waals surface area contributed by atoms with Crippen LogP contribution in [0, 0.1) is 19.8 Å². The SMILES string of the molecule is CC/C=C\C=C(/OCC)S(=O)(=O)Nc1nc(O[C@@H]2CNC[C@H](CC(C)C)NC2)cc(-c2c(C)cccc2C)n1. The molecule has 0 saturated carbocycles. The number of allylic oxidation sites excluding steroid dienone is 3. The molecule has 1 aliphatic rings. The summed E-state index contributed by atoms with van der Waals surface area (Å²) >= 11 is 0. The van der Waals surface area contributed by atoms with Crippen molar-refractivity contribution in [3.05, 3.63) is 58.7 Å². The highest BCUT2D eigenvalue weighted by Gasteiger charge is 2.24. The van der Waals surface area contributed by atoms with Crippen LogP contribution in [-0.4, -0.2) is 56.8 Å². The average molecular weight is 558 g/mol. The fourth-order valence-electron chi connectivity index (χ4n) is 4.54. The van der Waals surface area contributed by atoms with Gasteiger partial charge in [0.2, 0.25) is 16.9 Å². The van der Waals surface area contributed by atoms with Gasteiger partial charge in [-0.2, -0.15) is 13.4 Å². The molecule has 0 unspecified atom stereocenters. The minimum Gasteiger partial charge on any atom is -0.482 e. The lowest BCUT2D eigenvalue weighted by Crippen LogP contribution is -2.38. The van der Waals surface area contributed by atoms with E-state index in [0.717, 1.165) is 36.1 Å². The highest BCUT2D eigenvalue weighted by atomic mass is 32.2. The lowest BCUT2D eigenvalue weighted by atomic mass is 10.00. The zero-order valence-electron chi connectivity index (χ0n) is 24.0. The largest absolute Gasteiger partial charge is 0.482 e. The van der Waals surface area contributed by atoms with Crippen LogP contribution in [0.3, 0.4) is 0 Å². The lowest BCUT2D eigenvalue weighted by Gasteiger charge is -2.20. The Balaban J connectivity index is 1.96. The Hall–Kier alpha value is -2.95. The van der Waals surface area contributed by atoms with Gasteiger partial charge in [-0.25, -0.2) is 9.71 Å². The third kappa shape index (κ3) is 9.05. The molecule has 2 heterocycles. The number of rotatable bonds is 12. The molecule has 39 heavy (non-hydrogen) atoms. The summed E-state index contributed by atoms with van der Waals surface area (Å²) in [6.45, 7) is 14.5. The van der Waals surface area contributed by atoms with Crippen molar-refractivity contribution in [3.63, 3.8) is 0 Å². The number of nitrogens with one attached hydrogen (secondary N) is 3. The summed E-state index contributed by atoms with van der Waals surface area (Å²) in [5.41, 5.74) is 3.52. The Labute approximate surface area is 233 Å². The molecule has 1 aromatic heterocycles. The minimum atomic E-state index is -4.08. The van der Waals surface area contributed by atoms with Gasteiger partial charge in [-0.15, -0.1) is 0 Å². The highest BCUT2D eigenvalue weighted by molar-refractivity contribution is 7.96. The quantitative estimate of drug-likeness (QED) is 0.254. The van der Waals surface area contributed by atoms with Crippen molar-refractivity contribution in [3.8, 4) is 17.1 Å². The van der Waals surface area contributed by atoms with Crippen molar-refractivity contribution >= 4 is 16.0 Å². The van der Waals surface area contributed by atoms with E-state index >= 15 is 0 Å². The summed E-state index contributed by atoms with van der Waals surface area (Å²) in [6.07, 6.45) is 6.58. The van der Waals surface area contributed by atoms with Crippen LogP contribution in [0.15, 0.2) is 47.6 Å². The van der Waals surface area contributed by atoms with Crippen LogP contribution in [0.5, 0.6) is 5.88 Å². The fraction of sp³-hybridized carbons (Fsp3) is 0.517. The summed E-state index contributed by atoms with van der Waals surface area (Å²) in [5, 5.41) is 6.85. The number of hydrogen-bond acceptors (Lipinski definition) is 8. The number of nitrogens with zero attached hydrogens (tertiary/aromatic N) is 2. The first-order valence-corrected chi connectivity index (χ1v) is 15.2. The molecule has 1 aromatic carbocycles. The van der Waals surface area contributed by atoms with Crippen LogP contribution < -0.4 is 20.1 Å². The number of benzene rings is 1. The van der Waals surface area contributed by atoms with E-state index in [1.54, 1.807) is 19.1 Å². The molecule has 0 aliphatic carbocycles. The van der Waals surface area contributed by atoms with E-state index in [2.05, 4.69) is 39.2 Å². The van der Waals surface area contributed by atoms with E-state index in [0.29, 0.717) is 36.6 Å². The zero-order valence-corrected chi connectivity index (χ0v) is 24.8. The molecule has 1 aliphatic heterocycles. The van der Waals surface area contributed by atoms with Gasteiger partial charge in [-0.1, -0.05) is 51.1 Å². The van der Waals surface area contributed by atoms with Gasteiger partial charge in [-0.3, -0.25) is 0 Å². The van der Waals surface area contributed by atoms with Crippen LogP contribution in [0.1, 0.15) is 51.7 Å². The maximum absolute atomic E-state index is 13.3. The lowest BCUT2D eigenvalue weighted by molar-refractivity contribution is 0.195. The molecule has 3 N–H and O–H groups in total. The molecule has 10 heteroatoms. The van der Waals surface area contributed by atoms with E-state index in [4.69, 9.17) is 9.47 Å². The van der Waals surface area contributed by atoms with Crippen molar-refractivity contribution < 1.29 is 17.9 Å². The molecule has 0 radical (unpaired) electrons. The van der Waals surface area contributed by atoms with Gasteiger partial charge in [0.15, 0.2) is 0 Å². The van der Waals surface area contributed by atoms with Gasteiger partial charge >= 0.3 is 0 Å². The smallest absolute Gasteiger partial charge is 0.297 e. The Morgan fingerprint density at radius 2 is 1.90 bits per heavy atom. The zero-order chi connectivity index (χ0) is 28.4. The summed E-state index contributed by atoms with van der Waals surface area (Å²) in [5.74, 6) is 0.804. The standard InChI is InChI=1S/C29H43N5O4S/c1-7-9-10-14-27(37-8-2)39(35,36)34-29-32-25(28-21(5)12-11-13-22(28)6)16-26(33-29)38-24-18-30-17-23(31-19-24)15-20(3)4/h9-14,16,20,23-24,30-31H,7-8,15,17-19H2,1-6H3,(H,32,33,34)/b10-9-,27-14+/t23-,24+/m0/s1. The first-order chi connectivity index (χ1) is 18.6. The Kier molecular flexibility index (Phi) is 11.3. The molecule has 1 fully saturated rings. The second-order valence-electron chi connectivity index (χ2n) is 10.2. The fourth-order valence-corrected chi connectivity index (χ4v) is 5.50. The van der Waals surface area contributed by atoms with E-state index in [1.165, 1.54) is 6.08 Å². The number of ether oxygens (including phenoxy) is 2. The molecule has 0 spiro atoms. The Morgan fingerprint density at radius 3 is 2.56 bits per heavy atom. The highest BCUT2D eigenvalue weighted by Crippen LogP contribution is 2.29. The van der Waals surface area contributed by atoms with Crippen LogP contribution in [0.4, 0.5) is 5.95 Å². The van der Waals surface area contributed by atoms with Crippen LogP contribution in [0.25, 0.3) is 11.3 Å². The summed E-state index contributed by atoms with van der Waals surface area (Å²) < 4.78 is 40.8. The van der Waals surface area contributed by atoms with Crippen LogP contribution >= 0.6 is 0 Å². The van der Waals surface area contributed by atoms with Crippen LogP contribution in [-0.2, 0) is 14.8 Å². The number of aromatic nitrogens is 2. The van der Waals surface area contributed by atoms with Gasteiger partial charge in [0.05, 0.1) is 12.3 Å². The minimum absolute atomic E-state index is 0.0811. The van der Waals surface area contributed by atoms with E-state index in [9.17, 15) is 8.42 Å². The van der Waals surface area contributed by atoms with Crippen molar-refractivity contribution in [2.24, 2.45) is 5.92 Å². The van der Waals surface area contributed by atoms with Crippen molar-refractivity contribution in [2.75, 3.05) is 31.0 Å². The summed E-state index contributed by atoms with van der Waals surface area (Å²) in [4.78, 5) is 9.05. The molecule has 0 amide bonds. The van der Waals surface area contributed by atoms with Crippen molar-refractivity contribution in [2.45, 2.75) is 66.5 Å². The molecular weight excluding hydrogens is 514 g/mol. The van der Waals surface area contributed by atoms with Crippen LogP contribution in [0.2, 0.25) is 0 Å². The molecule has 9 nitrogen and oxygen atoms in total. The predicted molar refractivity (Wildman–Crippen MR) is 157 cm³/mol. The molecule has 2 atom stereocenters. The Morgan fingerprint density at radius 1 is 1.15 bits per heavy atom. The van der Waals surface area contributed by atoms with Gasteiger partial charge in [0.1, 0.15) is 6.10 Å². The molecule has 214 valence electrons. The topological polar surface area (TPSA) is 114 Å². The maximum Gasteiger partial charge on any atom is 0.297 e. The van der Waals surface area contributed by atoms with E-state index in [1.807, 2.05) is 45.0 Å². The monoisotopic (exact) mass is 557 g/mol. The van der Waals surface area contributed by atoms with Crippen molar-refractivity contribution in [1.29, 1.82) is 0 Å². The average Bonchev–Trinajstić information content (AvgIpc) is 3.07. The molecule has 3 rings (SSSR count). The number of sulfonamides is 1. The first-order valence-electron chi connectivity index (χ1n) is 13.7. The second-order valence-corrected chi connectivity index (χ2v) is 11.8. The van der Waals surface area contributed by atoms with Gasteiger partial charge in [0, 0.05) is 37.3 Å². The second kappa shape index (κ2) is 14.4. The van der Waals surface area contributed by atoms with E-state index < -0.39 is 10.0 Å². The van der Waals surface area contributed by atoms with Gasteiger partial charge < -0.3 is 20.1 Å². The number of anilines is 1. The molecule has 0 bridgehead atoms. The van der Waals surface area contributed by atoms with Gasteiger partial charge in [0.25, 0.3) is 10.0 Å². The summed E-state index contributed by atoms with van der Waals surface area (Å²) in [7, 11) is -4.08. The number of hydrogen-bond donors (Lipinski definition) is 3. The van der Waals surface area contributed by atoms with Gasteiger partial charge in [-0.05, 0) is 56.7 Å². The third-order valence-electron chi connectivity index (χ3n) is 6.26.